The summed E-state index contributed by atoms with van der Waals surface area (Å²) in [6.45, 7) is 1.05. The number of ether oxygens (including phenoxy) is 2. The molecule has 0 fully saturated rings. The fourth-order valence-corrected chi connectivity index (χ4v) is 2.67. The van der Waals surface area contributed by atoms with Gasteiger partial charge in [0.1, 0.15) is 11.6 Å². The maximum atomic E-state index is 12.9. The normalized spacial score (nSPS) is 11.9. The molecule has 2 N–H and O–H groups in total. The number of hydrogen-bond donors (Lipinski definition) is 2. The third kappa shape index (κ3) is 4.17. The van der Waals surface area contributed by atoms with Crippen molar-refractivity contribution in [2.45, 2.75) is 13.1 Å². The van der Waals surface area contributed by atoms with Gasteiger partial charge in [-0.25, -0.2) is 4.39 Å². The molecule has 0 unspecified atom stereocenters. The Morgan fingerprint density at radius 1 is 0.929 bits per heavy atom. The standard InChI is InChI=1S/C20H17FN4O3/c21-15-4-1-13(2-5-15)10-23-20(26)16-6-8-19(25-24-16)22-11-14-3-7-17-18(9-14)28-12-27-17/h1-9H,10-12H2,(H,22,25)(H,23,26). The quantitative estimate of drug-likeness (QED) is 0.684. The van der Waals surface area contributed by atoms with Crippen LogP contribution in [0.2, 0.25) is 0 Å². The maximum absolute atomic E-state index is 12.9. The van der Waals surface area contributed by atoms with Crippen LogP contribution < -0.4 is 20.1 Å². The van der Waals surface area contributed by atoms with E-state index in [2.05, 4.69) is 20.8 Å². The highest BCUT2D eigenvalue weighted by atomic mass is 19.1. The fraction of sp³-hybridized carbons (Fsp3) is 0.150. The molecule has 1 aliphatic rings. The first-order valence-electron chi connectivity index (χ1n) is 8.66. The second-order valence-corrected chi connectivity index (χ2v) is 6.15. The van der Waals surface area contributed by atoms with Crippen LogP contribution in [0.4, 0.5) is 10.2 Å². The van der Waals surface area contributed by atoms with Crippen LogP contribution >= 0.6 is 0 Å². The van der Waals surface area contributed by atoms with Crippen LogP contribution in [0.3, 0.4) is 0 Å². The molecule has 1 amide bonds. The molecular weight excluding hydrogens is 363 g/mol. The third-order valence-electron chi connectivity index (χ3n) is 4.17. The third-order valence-corrected chi connectivity index (χ3v) is 4.17. The average Bonchev–Trinajstić information content (AvgIpc) is 3.20. The molecule has 7 nitrogen and oxygen atoms in total. The van der Waals surface area contributed by atoms with Crippen molar-refractivity contribution in [3.8, 4) is 11.5 Å². The highest BCUT2D eigenvalue weighted by Crippen LogP contribution is 2.32. The lowest BCUT2D eigenvalue weighted by Gasteiger charge is -2.07. The summed E-state index contributed by atoms with van der Waals surface area (Å²) in [5.74, 6) is 1.34. The first-order chi connectivity index (χ1) is 13.7. The summed E-state index contributed by atoms with van der Waals surface area (Å²) in [6.07, 6.45) is 0. The summed E-state index contributed by atoms with van der Waals surface area (Å²) in [6, 6.07) is 14.9. The van der Waals surface area contributed by atoms with Gasteiger partial charge in [0.25, 0.3) is 5.91 Å². The van der Waals surface area contributed by atoms with Gasteiger partial charge in [0, 0.05) is 13.1 Å². The number of aromatic nitrogens is 2. The van der Waals surface area contributed by atoms with E-state index in [0.717, 1.165) is 22.6 Å². The van der Waals surface area contributed by atoms with Gasteiger partial charge in [-0.15, -0.1) is 10.2 Å². The summed E-state index contributed by atoms with van der Waals surface area (Å²) < 4.78 is 23.5. The van der Waals surface area contributed by atoms with Crippen LogP contribution in [-0.2, 0) is 13.1 Å². The number of nitrogens with one attached hydrogen (secondary N) is 2. The van der Waals surface area contributed by atoms with E-state index in [9.17, 15) is 9.18 Å². The summed E-state index contributed by atoms with van der Waals surface area (Å²) in [5, 5.41) is 13.8. The summed E-state index contributed by atoms with van der Waals surface area (Å²) in [5.41, 5.74) is 2.01. The fourth-order valence-electron chi connectivity index (χ4n) is 2.67. The molecule has 1 aromatic heterocycles. The Balaban J connectivity index is 1.30. The maximum Gasteiger partial charge on any atom is 0.272 e. The van der Waals surface area contributed by atoms with Gasteiger partial charge in [0.05, 0.1) is 0 Å². The summed E-state index contributed by atoms with van der Waals surface area (Å²) in [4.78, 5) is 12.2. The lowest BCUT2D eigenvalue weighted by atomic mass is 10.2. The second kappa shape index (κ2) is 7.91. The zero-order valence-electron chi connectivity index (χ0n) is 14.8. The molecule has 3 aromatic rings. The molecule has 28 heavy (non-hydrogen) atoms. The van der Waals surface area contributed by atoms with E-state index in [4.69, 9.17) is 9.47 Å². The van der Waals surface area contributed by atoms with E-state index >= 15 is 0 Å². The molecule has 2 aromatic carbocycles. The predicted molar refractivity (Wildman–Crippen MR) is 99.5 cm³/mol. The zero-order valence-corrected chi connectivity index (χ0v) is 14.8. The SMILES string of the molecule is O=C(NCc1ccc(F)cc1)c1ccc(NCc2ccc3c(c2)OCO3)nn1. The molecule has 0 saturated carbocycles. The van der Waals surface area contributed by atoms with Crippen LogP contribution in [0.1, 0.15) is 21.6 Å². The minimum atomic E-state index is -0.348. The predicted octanol–water partition coefficient (Wildman–Crippen LogP) is 2.89. The van der Waals surface area contributed by atoms with Gasteiger partial charge in [-0.1, -0.05) is 18.2 Å². The van der Waals surface area contributed by atoms with Gasteiger partial charge in [0.15, 0.2) is 17.2 Å². The van der Waals surface area contributed by atoms with Crippen molar-refractivity contribution in [1.29, 1.82) is 0 Å². The molecule has 1 aliphatic heterocycles. The Labute approximate surface area is 160 Å². The van der Waals surface area contributed by atoms with Crippen molar-refractivity contribution in [2.75, 3.05) is 12.1 Å². The van der Waals surface area contributed by atoms with Gasteiger partial charge >= 0.3 is 0 Å². The van der Waals surface area contributed by atoms with E-state index < -0.39 is 0 Å². The Kier molecular flexibility index (Phi) is 5.01. The number of carbonyl (C=O) groups excluding carboxylic acids is 1. The molecule has 142 valence electrons. The molecule has 0 aliphatic carbocycles. The minimum Gasteiger partial charge on any atom is -0.454 e. The number of rotatable bonds is 6. The molecular formula is C20H17FN4O3. The molecule has 8 heteroatoms. The van der Waals surface area contributed by atoms with Crippen LogP contribution in [0, 0.1) is 5.82 Å². The lowest BCUT2D eigenvalue weighted by Crippen LogP contribution is -2.24. The number of carbonyl (C=O) groups is 1. The monoisotopic (exact) mass is 380 g/mol. The molecule has 4 rings (SSSR count). The van der Waals surface area contributed by atoms with E-state index in [0.29, 0.717) is 12.4 Å². The molecule has 0 atom stereocenters. The van der Waals surface area contributed by atoms with Crippen molar-refractivity contribution >= 4 is 11.7 Å². The largest absolute Gasteiger partial charge is 0.454 e. The van der Waals surface area contributed by atoms with Crippen LogP contribution in [0.5, 0.6) is 11.5 Å². The van der Waals surface area contributed by atoms with Gasteiger partial charge in [-0.3, -0.25) is 4.79 Å². The lowest BCUT2D eigenvalue weighted by molar-refractivity contribution is 0.0945. The number of hydrogen-bond acceptors (Lipinski definition) is 6. The minimum absolute atomic E-state index is 0.204. The number of nitrogens with zero attached hydrogens (tertiary/aromatic N) is 2. The average molecular weight is 380 g/mol. The van der Waals surface area contributed by atoms with Crippen molar-refractivity contribution in [2.24, 2.45) is 0 Å². The van der Waals surface area contributed by atoms with Gasteiger partial charge in [0.2, 0.25) is 6.79 Å². The smallest absolute Gasteiger partial charge is 0.272 e. The number of halogens is 1. The van der Waals surface area contributed by atoms with Crippen LogP contribution in [-0.4, -0.2) is 22.9 Å². The summed E-state index contributed by atoms with van der Waals surface area (Å²) >= 11 is 0. The molecule has 2 heterocycles. The highest BCUT2D eigenvalue weighted by molar-refractivity contribution is 5.92. The Morgan fingerprint density at radius 2 is 1.71 bits per heavy atom. The zero-order chi connectivity index (χ0) is 19.3. The Hall–Kier alpha value is -3.68. The molecule has 0 spiro atoms. The first-order valence-corrected chi connectivity index (χ1v) is 8.66. The van der Waals surface area contributed by atoms with E-state index in [1.54, 1.807) is 24.3 Å². The van der Waals surface area contributed by atoms with Crippen molar-refractivity contribution in [3.05, 3.63) is 77.2 Å². The molecule has 0 saturated heterocycles. The van der Waals surface area contributed by atoms with E-state index in [1.165, 1.54) is 12.1 Å². The van der Waals surface area contributed by atoms with Crippen molar-refractivity contribution in [3.63, 3.8) is 0 Å². The first kappa shape index (κ1) is 17.7. The molecule has 0 bridgehead atoms. The van der Waals surface area contributed by atoms with E-state index in [1.807, 2.05) is 18.2 Å². The van der Waals surface area contributed by atoms with Gasteiger partial charge in [-0.05, 0) is 47.5 Å². The summed E-state index contributed by atoms with van der Waals surface area (Å²) in [7, 11) is 0. The molecule has 0 radical (unpaired) electrons. The number of benzene rings is 2. The van der Waals surface area contributed by atoms with Crippen LogP contribution in [0.25, 0.3) is 0 Å². The number of anilines is 1. The Morgan fingerprint density at radius 3 is 2.50 bits per heavy atom. The van der Waals surface area contributed by atoms with Gasteiger partial charge in [-0.2, -0.15) is 0 Å². The van der Waals surface area contributed by atoms with Gasteiger partial charge < -0.3 is 20.1 Å². The number of fused-ring (bicyclic) bond motifs is 1. The Bertz CT molecular complexity index is 978. The topological polar surface area (TPSA) is 85.4 Å². The van der Waals surface area contributed by atoms with Crippen molar-refractivity contribution in [1.82, 2.24) is 15.5 Å². The second-order valence-electron chi connectivity index (χ2n) is 6.15. The highest BCUT2D eigenvalue weighted by Gasteiger charge is 2.13. The van der Waals surface area contributed by atoms with Crippen LogP contribution in [0.15, 0.2) is 54.6 Å². The number of amides is 1. The van der Waals surface area contributed by atoms with E-state index in [-0.39, 0.29) is 30.8 Å². The van der Waals surface area contributed by atoms with Crippen molar-refractivity contribution < 1.29 is 18.7 Å².